The van der Waals surface area contributed by atoms with Crippen molar-refractivity contribution >= 4 is 44.5 Å². The number of fused-ring (bicyclic) bond motifs is 1. The topological polar surface area (TPSA) is 46.9 Å². The second-order valence-corrected chi connectivity index (χ2v) is 7.03. The Morgan fingerprint density at radius 1 is 1.57 bits per heavy atom. The maximum Gasteiger partial charge on any atom is 0.222 e. The minimum Gasteiger partial charge on any atom is -0.353 e. The number of hydrogen-bond acceptors (Lipinski definition) is 2. The summed E-state index contributed by atoms with van der Waals surface area (Å²) in [6.07, 6.45) is 2.67. The van der Waals surface area contributed by atoms with Crippen LogP contribution in [0.1, 0.15) is 37.4 Å². The predicted octanol–water partition coefficient (Wildman–Crippen LogP) is 3.77. The van der Waals surface area contributed by atoms with Crippen molar-refractivity contribution in [3.05, 3.63) is 28.5 Å². The molecule has 4 nitrogen and oxygen atoms in total. The summed E-state index contributed by atoms with van der Waals surface area (Å²) in [7, 11) is 0. The Morgan fingerprint density at radius 2 is 2.33 bits per heavy atom. The molecule has 112 valence electrons. The Hall–Kier alpha value is -1.07. The van der Waals surface area contributed by atoms with Gasteiger partial charge in [0.25, 0.3) is 0 Å². The molecule has 1 saturated carbocycles. The van der Waals surface area contributed by atoms with Crippen molar-refractivity contribution < 1.29 is 4.79 Å². The monoisotopic (exact) mass is 369 g/mol. The van der Waals surface area contributed by atoms with Gasteiger partial charge in [-0.3, -0.25) is 4.79 Å². The van der Waals surface area contributed by atoms with Crippen LogP contribution in [0.2, 0.25) is 0 Å². The van der Waals surface area contributed by atoms with Gasteiger partial charge in [-0.15, -0.1) is 11.6 Å². The van der Waals surface area contributed by atoms with E-state index in [0.717, 1.165) is 34.2 Å². The number of alkyl halides is 1. The molecule has 1 aliphatic carbocycles. The average molecular weight is 371 g/mol. The van der Waals surface area contributed by atoms with Crippen LogP contribution in [0.5, 0.6) is 0 Å². The lowest BCUT2D eigenvalue weighted by molar-refractivity contribution is -0.121. The lowest BCUT2D eigenvalue weighted by atomic mass is 10.3. The average Bonchev–Trinajstić information content (AvgIpc) is 3.16. The molecule has 0 aliphatic heterocycles. The van der Waals surface area contributed by atoms with E-state index in [4.69, 9.17) is 11.6 Å². The Labute approximate surface area is 137 Å². The van der Waals surface area contributed by atoms with Crippen LogP contribution >= 0.6 is 27.5 Å². The fourth-order valence-corrected chi connectivity index (χ4v) is 2.91. The highest BCUT2D eigenvalue weighted by atomic mass is 79.9. The number of carbonyl (C=O) groups excluding carboxylic acids is 1. The first-order chi connectivity index (χ1) is 10.0. The molecule has 0 saturated heterocycles. The highest BCUT2D eigenvalue weighted by molar-refractivity contribution is 9.10. The molecule has 0 spiro atoms. The molecule has 2 aromatic rings. The van der Waals surface area contributed by atoms with Gasteiger partial charge in [-0.25, -0.2) is 4.98 Å². The molecule has 3 rings (SSSR count). The van der Waals surface area contributed by atoms with Gasteiger partial charge in [0.2, 0.25) is 5.91 Å². The second kappa shape index (κ2) is 5.97. The van der Waals surface area contributed by atoms with Gasteiger partial charge in [0, 0.05) is 23.5 Å². The predicted molar refractivity (Wildman–Crippen MR) is 87.5 cm³/mol. The number of nitrogens with one attached hydrogen (secondary N) is 1. The molecule has 0 radical (unpaired) electrons. The zero-order valence-electron chi connectivity index (χ0n) is 11.8. The summed E-state index contributed by atoms with van der Waals surface area (Å²) >= 11 is 9.71. The second-order valence-electron chi connectivity index (χ2n) is 5.46. The first-order valence-electron chi connectivity index (χ1n) is 7.13. The van der Waals surface area contributed by atoms with Gasteiger partial charge in [0.15, 0.2) is 0 Å². The van der Waals surface area contributed by atoms with Crippen LogP contribution in [0.15, 0.2) is 22.7 Å². The van der Waals surface area contributed by atoms with Crippen LogP contribution in [-0.2, 0) is 11.3 Å². The molecule has 1 heterocycles. The van der Waals surface area contributed by atoms with Crippen LogP contribution in [0.25, 0.3) is 11.0 Å². The summed E-state index contributed by atoms with van der Waals surface area (Å²) in [5, 5.41) is 2.82. The van der Waals surface area contributed by atoms with Crippen LogP contribution in [0.3, 0.4) is 0 Å². The number of rotatable bonds is 5. The van der Waals surface area contributed by atoms with Gasteiger partial charge in [-0.1, -0.05) is 15.9 Å². The van der Waals surface area contributed by atoms with Crippen molar-refractivity contribution in [2.75, 3.05) is 0 Å². The van der Waals surface area contributed by atoms with E-state index in [9.17, 15) is 4.79 Å². The SMILES string of the molecule is CC(Cl)c1nc2ccc(Br)cc2n1CCC(=O)NC1CC1. The summed E-state index contributed by atoms with van der Waals surface area (Å²) in [6, 6.07) is 6.34. The summed E-state index contributed by atoms with van der Waals surface area (Å²) < 4.78 is 3.04. The van der Waals surface area contributed by atoms with Gasteiger partial charge in [-0.2, -0.15) is 0 Å². The third-order valence-electron chi connectivity index (χ3n) is 3.60. The molecule has 21 heavy (non-hydrogen) atoms. The number of aryl methyl sites for hydroxylation is 1. The first kappa shape index (κ1) is 14.9. The van der Waals surface area contributed by atoms with E-state index in [-0.39, 0.29) is 11.3 Å². The van der Waals surface area contributed by atoms with Gasteiger partial charge >= 0.3 is 0 Å². The van der Waals surface area contributed by atoms with Crippen molar-refractivity contribution in [1.29, 1.82) is 0 Å². The van der Waals surface area contributed by atoms with Crippen molar-refractivity contribution in [2.45, 2.75) is 44.1 Å². The lowest BCUT2D eigenvalue weighted by Gasteiger charge is -2.10. The first-order valence-corrected chi connectivity index (χ1v) is 8.36. The molecular weight excluding hydrogens is 354 g/mol. The minimum absolute atomic E-state index is 0.0996. The van der Waals surface area contributed by atoms with E-state index in [1.165, 1.54) is 0 Å². The summed E-state index contributed by atoms with van der Waals surface area (Å²) in [6.45, 7) is 2.50. The van der Waals surface area contributed by atoms with Crippen LogP contribution in [0.4, 0.5) is 0 Å². The maximum atomic E-state index is 11.9. The number of halogens is 2. The molecule has 6 heteroatoms. The molecule has 1 amide bonds. The highest BCUT2D eigenvalue weighted by Gasteiger charge is 2.23. The van der Waals surface area contributed by atoms with Crippen LogP contribution in [0, 0.1) is 0 Å². The van der Waals surface area contributed by atoms with E-state index in [2.05, 4.69) is 26.2 Å². The Balaban J connectivity index is 1.85. The molecule has 1 unspecified atom stereocenters. The molecule has 1 aromatic heterocycles. The quantitative estimate of drug-likeness (QED) is 0.814. The molecular formula is C15H17BrClN3O. The molecule has 1 aliphatic rings. The largest absolute Gasteiger partial charge is 0.353 e. The third kappa shape index (κ3) is 3.40. The van der Waals surface area contributed by atoms with Crippen molar-refractivity contribution in [3.63, 3.8) is 0 Å². The smallest absolute Gasteiger partial charge is 0.222 e. The van der Waals surface area contributed by atoms with Gasteiger partial charge < -0.3 is 9.88 Å². The molecule has 0 bridgehead atoms. The molecule has 1 N–H and O–H groups in total. The van der Waals surface area contributed by atoms with E-state index in [1.54, 1.807) is 0 Å². The Kier molecular flexibility index (Phi) is 4.22. The fraction of sp³-hybridized carbons (Fsp3) is 0.467. The summed E-state index contributed by atoms with van der Waals surface area (Å²) in [4.78, 5) is 16.5. The number of imidazole rings is 1. The summed E-state index contributed by atoms with van der Waals surface area (Å²) in [5.74, 6) is 0.909. The van der Waals surface area contributed by atoms with Crippen molar-refractivity contribution in [3.8, 4) is 0 Å². The van der Waals surface area contributed by atoms with E-state index >= 15 is 0 Å². The number of amides is 1. The number of hydrogen-bond donors (Lipinski definition) is 1. The minimum atomic E-state index is -0.192. The lowest BCUT2D eigenvalue weighted by Crippen LogP contribution is -2.26. The van der Waals surface area contributed by atoms with Crippen molar-refractivity contribution in [1.82, 2.24) is 14.9 Å². The van der Waals surface area contributed by atoms with E-state index in [1.807, 2.05) is 29.7 Å². The van der Waals surface area contributed by atoms with E-state index < -0.39 is 0 Å². The van der Waals surface area contributed by atoms with Crippen LogP contribution < -0.4 is 5.32 Å². The Bertz CT molecular complexity index is 679. The normalized spacial score (nSPS) is 16.1. The number of aromatic nitrogens is 2. The number of benzene rings is 1. The van der Waals surface area contributed by atoms with Crippen LogP contribution in [-0.4, -0.2) is 21.5 Å². The highest BCUT2D eigenvalue weighted by Crippen LogP contribution is 2.27. The number of nitrogens with zero attached hydrogens (tertiary/aromatic N) is 2. The third-order valence-corrected chi connectivity index (χ3v) is 4.29. The summed E-state index contributed by atoms with van der Waals surface area (Å²) in [5.41, 5.74) is 1.91. The van der Waals surface area contributed by atoms with Crippen molar-refractivity contribution in [2.24, 2.45) is 0 Å². The van der Waals surface area contributed by atoms with Gasteiger partial charge in [0.1, 0.15) is 5.82 Å². The van der Waals surface area contributed by atoms with E-state index in [0.29, 0.717) is 19.0 Å². The molecule has 1 atom stereocenters. The Morgan fingerprint density at radius 3 is 3.00 bits per heavy atom. The zero-order valence-corrected chi connectivity index (χ0v) is 14.1. The standard InChI is InChI=1S/C15H17BrClN3O/c1-9(17)15-19-12-5-2-10(16)8-13(12)20(15)7-6-14(21)18-11-3-4-11/h2,5,8-9,11H,3-4,6-7H2,1H3,(H,18,21). The zero-order chi connectivity index (χ0) is 15.0. The van der Waals surface area contributed by atoms with Gasteiger partial charge in [0.05, 0.1) is 16.4 Å². The maximum absolute atomic E-state index is 11.9. The van der Waals surface area contributed by atoms with Gasteiger partial charge in [-0.05, 0) is 38.0 Å². The molecule has 1 aromatic carbocycles. The number of carbonyl (C=O) groups is 1. The fourth-order valence-electron chi connectivity index (χ4n) is 2.39. The molecule has 1 fully saturated rings.